The lowest BCUT2D eigenvalue weighted by molar-refractivity contribution is 0.0921. The molecule has 1 fully saturated rings. The zero-order chi connectivity index (χ0) is 17.4. The third-order valence-corrected chi connectivity index (χ3v) is 4.71. The van der Waals surface area contributed by atoms with Gasteiger partial charge >= 0.3 is 0 Å². The van der Waals surface area contributed by atoms with Crippen LogP contribution in [-0.4, -0.2) is 55.3 Å². The summed E-state index contributed by atoms with van der Waals surface area (Å²) in [4.78, 5) is 14.6. The number of methoxy groups -OCH3 is 1. The number of benzene rings is 1. The molecule has 5 nitrogen and oxygen atoms in total. The SMILES string of the molecule is COCCCNC(=S)N1CCC(NC(=O)c2ccccc2C)CC1. The zero-order valence-corrected chi connectivity index (χ0v) is 15.3. The fourth-order valence-corrected chi connectivity index (χ4v) is 3.13. The van der Waals surface area contributed by atoms with Gasteiger partial charge in [0.2, 0.25) is 0 Å². The topological polar surface area (TPSA) is 53.6 Å². The van der Waals surface area contributed by atoms with Crippen LogP contribution in [0.5, 0.6) is 0 Å². The summed E-state index contributed by atoms with van der Waals surface area (Å²) < 4.78 is 5.03. The lowest BCUT2D eigenvalue weighted by atomic mass is 10.0. The first kappa shape index (κ1) is 18.7. The Labute approximate surface area is 149 Å². The number of hydrogen-bond donors (Lipinski definition) is 2. The summed E-state index contributed by atoms with van der Waals surface area (Å²) in [7, 11) is 1.70. The molecule has 0 unspecified atom stereocenters. The van der Waals surface area contributed by atoms with E-state index in [4.69, 9.17) is 17.0 Å². The van der Waals surface area contributed by atoms with E-state index in [9.17, 15) is 4.79 Å². The van der Waals surface area contributed by atoms with E-state index in [1.165, 1.54) is 0 Å². The second kappa shape index (κ2) is 9.59. The van der Waals surface area contributed by atoms with E-state index in [1.54, 1.807) is 7.11 Å². The van der Waals surface area contributed by atoms with E-state index in [2.05, 4.69) is 15.5 Å². The molecule has 0 aromatic heterocycles. The number of piperidine rings is 1. The molecule has 1 amide bonds. The molecule has 6 heteroatoms. The maximum atomic E-state index is 12.4. The van der Waals surface area contributed by atoms with Gasteiger partial charge in [0, 0.05) is 45.0 Å². The molecule has 1 aromatic rings. The molecule has 0 atom stereocenters. The highest BCUT2D eigenvalue weighted by Crippen LogP contribution is 2.13. The second-order valence-electron chi connectivity index (χ2n) is 6.13. The van der Waals surface area contributed by atoms with Crippen LogP contribution < -0.4 is 10.6 Å². The lowest BCUT2D eigenvalue weighted by Crippen LogP contribution is -2.49. The van der Waals surface area contributed by atoms with Crippen molar-refractivity contribution in [3.63, 3.8) is 0 Å². The average Bonchev–Trinajstić information content (AvgIpc) is 2.59. The average molecular weight is 350 g/mol. The normalized spacial score (nSPS) is 15.2. The minimum Gasteiger partial charge on any atom is -0.385 e. The van der Waals surface area contributed by atoms with E-state index in [0.717, 1.165) is 61.7 Å². The van der Waals surface area contributed by atoms with Gasteiger partial charge in [-0.3, -0.25) is 4.79 Å². The highest BCUT2D eigenvalue weighted by Gasteiger charge is 2.22. The number of aryl methyl sites for hydroxylation is 1. The number of carbonyl (C=O) groups is 1. The molecule has 2 N–H and O–H groups in total. The quantitative estimate of drug-likeness (QED) is 0.608. The molecule has 1 aliphatic rings. The first-order valence-corrected chi connectivity index (χ1v) is 8.91. The fourth-order valence-electron chi connectivity index (χ4n) is 2.84. The molecule has 1 aliphatic heterocycles. The number of thiocarbonyl (C=S) groups is 1. The van der Waals surface area contributed by atoms with Crippen LogP contribution in [0.25, 0.3) is 0 Å². The maximum absolute atomic E-state index is 12.4. The van der Waals surface area contributed by atoms with Crippen LogP contribution in [0.3, 0.4) is 0 Å². The first-order chi connectivity index (χ1) is 11.6. The molecule has 0 radical (unpaired) electrons. The van der Waals surface area contributed by atoms with Gasteiger partial charge in [0.05, 0.1) is 0 Å². The van der Waals surface area contributed by atoms with Crippen molar-refractivity contribution in [3.8, 4) is 0 Å². The molecule has 2 rings (SSSR count). The number of rotatable bonds is 6. The number of ether oxygens (including phenoxy) is 1. The van der Waals surface area contributed by atoms with E-state index in [-0.39, 0.29) is 11.9 Å². The number of carbonyl (C=O) groups excluding carboxylic acids is 1. The summed E-state index contributed by atoms with van der Waals surface area (Å²) in [5, 5.41) is 7.22. The Morgan fingerprint density at radius 2 is 2.04 bits per heavy atom. The molecule has 24 heavy (non-hydrogen) atoms. The molecular weight excluding hydrogens is 322 g/mol. The molecule has 1 heterocycles. The molecule has 0 aliphatic carbocycles. The summed E-state index contributed by atoms with van der Waals surface area (Å²) >= 11 is 5.43. The maximum Gasteiger partial charge on any atom is 0.251 e. The second-order valence-corrected chi connectivity index (χ2v) is 6.51. The number of nitrogens with one attached hydrogen (secondary N) is 2. The monoisotopic (exact) mass is 349 g/mol. The molecule has 1 saturated heterocycles. The number of amides is 1. The van der Waals surface area contributed by atoms with Gasteiger partial charge in [-0.1, -0.05) is 18.2 Å². The van der Waals surface area contributed by atoms with Gasteiger partial charge in [0.15, 0.2) is 5.11 Å². The van der Waals surface area contributed by atoms with Gasteiger partial charge in [-0.05, 0) is 50.0 Å². The van der Waals surface area contributed by atoms with Crippen molar-refractivity contribution in [2.45, 2.75) is 32.2 Å². The van der Waals surface area contributed by atoms with Gasteiger partial charge in [-0.25, -0.2) is 0 Å². The van der Waals surface area contributed by atoms with Crippen LogP contribution in [0.15, 0.2) is 24.3 Å². The van der Waals surface area contributed by atoms with E-state index in [0.29, 0.717) is 0 Å². The minimum absolute atomic E-state index is 0.0202. The molecule has 0 saturated carbocycles. The standard InChI is InChI=1S/C18H27N3O2S/c1-14-6-3-4-7-16(14)17(22)20-15-8-11-21(12-9-15)18(24)19-10-5-13-23-2/h3-4,6-7,15H,5,8-13H2,1-2H3,(H,19,24)(H,20,22). The Morgan fingerprint density at radius 1 is 1.33 bits per heavy atom. The summed E-state index contributed by atoms with van der Waals surface area (Å²) in [6, 6.07) is 7.90. The molecule has 1 aromatic carbocycles. The van der Waals surface area contributed by atoms with Crippen molar-refractivity contribution >= 4 is 23.2 Å². The minimum atomic E-state index is 0.0202. The van der Waals surface area contributed by atoms with Crippen LogP contribution >= 0.6 is 12.2 Å². The van der Waals surface area contributed by atoms with Crippen LogP contribution in [0.2, 0.25) is 0 Å². The van der Waals surface area contributed by atoms with Crippen molar-refractivity contribution in [1.82, 2.24) is 15.5 Å². The smallest absolute Gasteiger partial charge is 0.251 e. The highest BCUT2D eigenvalue weighted by molar-refractivity contribution is 7.80. The third kappa shape index (κ3) is 5.46. The number of hydrogen-bond acceptors (Lipinski definition) is 3. The van der Waals surface area contributed by atoms with Crippen molar-refractivity contribution < 1.29 is 9.53 Å². The Kier molecular flexibility index (Phi) is 7.46. The van der Waals surface area contributed by atoms with E-state index in [1.807, 2.05) is 31.2 Å². The predicted molar refractivity (Wildman–Crippen MR) is 100 cm³/mol. The molecular formula is C18H27N3O2S. The molecule has 0 spiro atoms. The summed E-state index contributed by atoms with van der Waals surface area (Å²) in [6.45, 7) is 5.27. The molecule has 0 bridgehead atoms. The van der Waals surface area contributed by atoms with Crippen LogP contribution in [-0.2, 0) is 4.74 Å². The molecule has 132 valence electrons. The lowest BCUT2D eigenvalue weighted by Gasteiger charge is -2.34. The van der Waals surface area contributed by atoms with Gasteiger partial charge < -0.3 is 20.3 Å². The number of nitrogens with zero attached hydrogens (tertiary/aromatic N) is 1. The first-order valence-electron chi connectivity index (χ1n) is 8.50. The van der Waals surface area contributed by atoms with Crippen molar-refractivity contribution in [2.24, 2.45) is 0 Å². The highest BCUT2D eigenvalue weighted by atomic mass is 32.1. The van der Waals surface area contributed by atoms with Crippen LogP contribution in [0.4, 0.5) is 0 Å². The third-order valence-electron chi connectivity index (χ3n) is 4.31. The zero-order valence-electron chi connectivity index (χ0n) is 14.5. The Morgan fingerprint density at radius 3 is 2.71 bits per heavy atom. The van der Waals surface area contributed by atoms with Gasteiger partial charge in [0.25, 0.3) is 5.91 Å². The Hall–Kier alpha value is -1.66. The fraction of sp³-hybridized carbons (Fsp3) is 0.556. The van der Waals surface area contributed by atoms with Crippen LogP contribution in [0.1, 0.15) is 35.2 Å². The number of likely N-dealkylation sites (tertiary alicyclic amines) is 1. The summed E-state index contributed by atoms with van der Waals surface area (Å²) in [5.41, 5.74) is 1.77. The Bertz CT molecular complexity index is 557. The summed E-state index contributed by atoms with van der Waals surface area (Å²) in [5.74, 6) is 0.0202. The summed E-state index contributed by atoms with van der Waals surface area (Å²) in [6.07, 6.45) is 2.77. The van der Waals surface area contributed by atoms with E-state index >= 15 is 0 Å². The van der Waals surface area contributed by atoms with Crippen LogP contribution in [0, 0.1) is 6.92 Å². The largest absolute Gasteiger partial charge is 0.385 e. The van der Waals surface area contributed by atoms with Crippen molar-refractivity contribution in [2.75, 3.05) is 33.4 Å². The van der Waals surface area contributed by atoms with E-state index < -0.39 is 0 Å². The van der Waals surface area contributed by atoms with Crippen molar-refractivity contribution in [3.05, 3.63) is 35.4 Å². The van der Waals surface area contributed by atoms with Gasteiger partial charge in [0.1, 0.15) is 0 Å². The van der Waals surface area contributed by atoms with Crippen molar-refractivity contribution in [1.29, 1.82) is 0 Å². The van der Waals surface area contributed by atoms with Gasteiger partial charge in [-0.15, -0.1) is 0 Å². The predicted octanol–water partition coefficient (Wildman–Crippen LogP) is 2.10. The Balaban J connectivity index is 1.73. The van der Waals surface area contributed by atoms with Gasteiger partial charge in [-0.2, -0.15) is 0 Å².